The molecule has 4 N–H and O–H groups in total. The van der Waals surface area contributed by atoms with Crippen molar-refractivity contribution >= 4 is 28.7 Å². The third-order valence-corrected chi connectivity index (χ3v) is 3.57. The van der Waals surface area contributed by atoms with Crippen LogP contribution in [0.2, 0.25) is 0 Å². The fourth-order valence-corrected chi connectivity index (χ4v) is 2.16. The maximum absolute atomic E-state index is 9.46. The summed E-state index contributed by atoms with van der Waals surface area (Å²) in [6, 6.07) is 0. The Morgan fingerprint density at radius 2 is 2.19 bits per heavy atom. The standard InChI is InChI=1S/C9H13N5OS/c1-4(15)5(2)16-8-6-3-11-14-7(6)12-9(10)13-8/h3-5,15H,1-2H3,(H3,10,11,12,13,14). The topological polar surface area (TPSA) is 101 Å². The number of aromatic amines is 1. The van der Waals surface area contributed by atoms with E-state index in [-0.39, 0.29) is 11.2 Å². The van der Waals surface area contributed by atoms with Crippen LogP contribution in [0.4, 0.5) is 5.95 Å². The van der Waals surface area contributed by atoms with Crippen LogP contribution in [0, 0.1) is 0 Å². The fourth-order valence-electron chi connectivity index (χ4n) is 1.19. The van der Waals surface area contributed by atoms with Crippen LogP contribution in [0.3, 0.4) is 0 Å². The average Bonchev–Trinajstić information content (AvgIpc) is 2.65. The number of aromatic nitrogens is 4. The van der Waals surface area contributed by atoms with Gasteiger partial charge in [-0.3, -0.25) is 5.10 Å². The van der Waals surface area contributed by atoms with E-state index in [1.54, 1.807) is 13.1 Å². The number of nitrogens with two attached hydrogens (primary N) is 1. The lowest BCUT2D eigenvalue weighted by Crippen LogP contribution is -2.15. The molecular formula is C9H13N5OS. The molecule has 2 unspecified atom stereocenters. The Labute approximate surface area is 96.7 Å². The number of anilines is 1. The van der Waals surface area contributed by atoms with E-state index in [4.69, 9.17) is 5.73 Å². The molecule has 2 aromatic rings. The lowest BCUT2D eigenvalue weighted by atomic mass is 10.3. The number of rotatable bonds is 3. The van der Waals surface area contributed by atoms with Crippen molar-refractivity contribution in [1.82, 2.24) is 20.2 Å². The average molecular weight is 239 g/mol. The van der Waals surface area contributed by atoms with Crippen molar-refractivity contribution in [3.05, 3.63) is 6.20 Å². The maximum Gasteiger partial charge on any atom is 0.223 e. The number of hydrogen-bond acceptors (Lipinski definition) is 6. The molecule has 2 heterocycles. The number of aliphatic hydroxyl groups excluding tert-OH is 1. The largest absolute Gasteiger partial charge is 0.392 e. The quantitative estimate of drug-likeness (QED) is 0.541. The highest BCUT2D eigenvalue weighted by Crippen LogP contribution is 2.29. The number of H-pyrrole nitrogens is 1. The van der Waals surface area contributed by atoms with E-state index >= 15 is 0 Å². The first-order chi connectivity index (χ1) is 7.58. The zero-order valence-electron chi connectivity index (χ0n) is 9.01. The third kappa shape index (κ3) is 2.10. The van der Waals surface area contributed by atoms with Crippen LogP contribution in [0.1, 0.15) is 13.8 Å². The minimum atomic E-state index is -0.414. The second-order valence-corrected chi connectivity index (χ2v) is 4.95. The smallest absolute Gasteiger partial charge is 0.223 e. The molecule has 0 fully saturated rings. The zero-order valence-corrected chi connectivity index (χ0v) is 9.82. The molecule has 0 amide bonds. The second kappa shape index (κ2) is 4.26. The van der Waals surface area contributed by atoms with E-state index in [0.29, 0.717) is 5.65 Å². The molecule has 0 aliphatic rings. The summed E-state index contributed by atoms with van der Waals surface area (Å²) < 4.78 is 0. The van der Waals surface area contributed by atoms with Crippen LogP contribution in [-0.4, -0.2) is 36.6 Å². The lowest BCUT2D eigenvalue weighted by Gasteiger charge is -2.13. The molecular weight excluding hydrogens is 226 g/mol. The van der Waals surface area contributed by atoms with Gasteiger partial charge in [0.05, 0.1) is 17.7 Å². The van der Waals surface area contributed by atoms with Crippen LogP contribution in [0.5, 0.6) is 0 Å². The number of thioether (sulfide) groups is 1. The highest BCUT2D eigenvalue weighted by molar-refractivity contribution is 8.00. The summed E-state index contributed by atoms with van der Waals surface area (Å²) in [6.45, 7) is 3.67. The van der Waals surface area contributed by atoms with Gasteiger partial charge in [-0.1, -0.05) is 18.7 Å². The molecule has 2 atom stereocenters. The summed E-state index contributed by atoms with van der Waals surface area (Å²) >= 11 is 1.46. The number of nitrogens with one attached hydrogen (secondary N) is 1. The van der Waals surface area contributed by atoms with Gasteiger partial charge in [-0.2, -0.15) is 10.1 Å². The van der Waals surface area contributed by atoms with E-state index < -0.39 is 6.10 Å². The van der Waals surface area contributed by atoms with Crippen LogP contribution >= 0.6 is 11.8 Å². The number of nitrogens with zero attached hydrogens (tertiary/aromatic N) is 3. The van der Waals surface area contributed by atoms with Gasteiger partial charge in [-0.05, 0) is 6.92 Å². The summed E-state index contributed by atoms with van der Waals surface area (Å²) in [6.07, 6.45) is 1.24. The van der Waals surface area contributed by atoms with Crippen molar-refractivity contribution in [2.75, 3.05) is 5.73 Å². The van der Waals surface area contributed by atoms with Gasteiger partial charge in [0.1, 0.15) is 5.03 Å². The fraction of sp³-hybridized carbons (Fsp3) is 0.444. The van der Waals surface area contributed by atoms with Crippen LogP contribution in [0.15, 0.2) is 11.2 Å². The molecule has 0 bridgehead atoms. The Morgan fingerprint density at radius 1 is 1.44 bits per heavy atom. The Balaban J connectivity index is 2.39. The Morgan fingerprint density at radius 3 is 2.88 bits per heavy atom. The summed E-state index contributed by atoms with van der Waals surface area (Å²) in [5.74, 6) is 0.206. The molecule has 7 heteroatoms. The van der Waals surface area contributed by atoms with Crippen LogP contribution < -0.4 is 5.73 Å². The summed E-state index contributed by atoms with van der Waals surface area (Å²) in [5, 5.41) is 17.7. The van der Waals surface area contributed by atoms with E-state index in [9.17, 15) is 5.11 Å². The van der Waals surface area contributed by atoms with E-state index in [2.05, 4.69) is 20.2 Å². The molecule has 0 saturated carbocycles. The van der Waals surface area contributed by atoms with Gasteiger partial charge in [0.15, 0.2) is 5.65 Å². The van der Waals surface area contributed by atoms with Crippen LogP contribution in [-0.2, 0) is 0 Å². The van der Waals surface area contributed by atoms with Crippen molar-refractivity contribution in [2.45, 2.75) is 30.2 Å². The number of fused-ring (bicyclic) bond motifs is 1. The molecule has 0 radical (unpaired) electrons. The number of nitrogen functional groups attached to an aromatic ring is 1. The molecule has 86 valence electrons. The summed E-state index contributed by atoms with van der Waals surface area (Å²) in [7, 11) is 0. The molecule has 6 nitrogen and oxygen atoms in total. The van der Waals surface area contributed by atoms with Crippen molar-refractivity contribution in [3.8, 4) is 0 Å². The first-order valence-corrected chi connectivity index (χ1v) is 5.77. The molecule has 0 aromatic carbocycles. The van der Waals surface area contributed by atoms with Gasteiger partial charge >= 0.3 is 0 Å². The van der Waals surface area contributed by atoms with Gasteiger partial charge in [-0.15, -0.1) is 0 Å². The maximum atomic E-state index is 9.46. The third-order valence-electron chi connectivity index (χ3n) is 2.27. The minimum absolute atomic E-state index is 0.0346. The zero-order chi connectivity index (χ0) is 11.7. The SMILES string of the molecule is CC(O)C(C)Sc1nc(N)nc2[nH]ncc12. The lowest BCUT2D eigenvalue weighted by molar-refractivity contribution is 0.196. The Bertz CT molecular complexity index is 498. The highest BCUT2D eigenvalue weighted by atomic mass is 32.2. The van der Waals surface area contributed by atoms with Crippen molar-refractivity contribution in [1.29, 1.82) is 0 Å². The van der Waals surface area contributed by atoms with Gasteiger partial charge in [0.25, 0.3) is 0 Å². The summed E-state index contributed by atoms with van der Waals surface area (Å²) in [5.41, 5.74) is 6.21. The molecule has 0 saturated heterocycles. The Kier molecular flexibility index (Phi) is 2.97. The molecule has 16 heavy (non-hydrogen) atoms. The first kappa shape index (κ1) is 11.2. The molecule has 2 aromatic heterocycles. The second-order valence-electron chi connectivity index (χ2n) is 3.58. The predicted octanol–water partition coefficient (Wildman–Crippen LogP) is 0.796. The van der Waals surface area contributed by atoms with Gasteiger partial charge in [0.2, 0.25) is 5.95 Å². The van der Waals surface area contributed by atoms with Gasteiger partial charge in [-0.25, -0.2) is 4.98 Å². The van der Waals surface area contributed by atoms with E-state index in [1.807, 2.05) is 6.92 Å². The minimum Gasteiger partial charge on any atom is -0.392 e. The number of hydrogen-bond donors (Lipinski definition) is 3. The molecule has 0 spiro atoms. The molecule has 0 aliphatic carbocycles. The van der Waals surface area contributed by atoms with Crippen molar-refractivity contribution < 1.29 is 5.11 Å². The first-order valence-electron chi connectivity index (χ1n) is 4.89. The van der Waals surface area contributed by atoms with Crippen LogP contribution in [0.25, 0.3) is 11.0 Å². The van der Waals surface area contributed by atoms with Gasteiger partial charge in [0, 0.05) is 5.25 Å². The highest BCUT2D eigenvalue weighted by Gasteiger charge is 2.15. The number of aliphatic hydroxyl groups is 1. The monoisotopic (exact) mass is 239 g/mol. The predicted molar refractivity (Wildman–Crippen MR) is 63.1 cm³/mol. The van der Waals surface area contributed by atoms with E-state index in [1.165, 1.54) is 11.8 Å². The normalized spacial score (nSPS) is 15.2. The molecule has 2 rings (SSSR count). The van der Waals surface area contributed by atoms with E-state index in [0.717, 1.165) is 10.4 Å². The van der Waals surface area contributed by atoms with Crippen molar-refractivity contribution in [3.63, 3.8) is 0 Å². The van der Waals surface area contributed by atoms with Crippen molar-refractivity contribution in [2.24, 2.45) is 0 Å². The van der Waals surface area contributed by atoms with Gasteiger partial charge < -0.3 is 10.8 Å². The molecule has 0 aliphatic heterocycles. The Hall–Kier alpha value is -1.34. The summed E-state index contributed by atoms with van der Waals surface area (Å²) in [4.78, 5) is 8.18.